The lowest BCUT2D eigenvalue weighted by Crippen LogP contribution is -2.27. The van der Waals surface area contributed by atoms with E-state index in [4.69, 9.17) is 14.9 Å². The van der Waals surface area contributed by atoms with Crippen LogP contribution in [0.4, 0.5) is 0 Å². The Kier molecular flexibility index (Phi) is 4.48. The van der Waals surface area contributed by atoms with E-state index in [0.29, 0.717) is 18.1 Å². The molecular formula is C9H16N2O4S. The Balaban J connectivity index is 2.85. The predicted molar refractivity (Wildman–Crippen MR) is 58.4 cm³/mol. The van der Waals surface area contributed by atoms with Crippen LogP contribution in [0.1, 0.15) is 11.5 Å². The quantitative estimate of drug-likeness (QED) is 0.689. The molecule has 7 heteroatoms. The minimum atomic E-state index is -3.53. The number of nitrogens with one attached hydrogen (secondary N) is 1. The number of hydrogen-bond donors (Lipinski definition) is 2. The van der Waals surface area contributed by atoms with Gasteiger partial charge in [0.2, 0.25) is 10.0 Å². The van der Waals surface area contributed by atoms with Crippen LogP contribution < -0.4 is 10.5 Å². The number of methoxy groups -OCH3 is 1. The van der Waals surface area contributed by atoms with Gasteiger partial charge in [-0.15, -0.1) is 0 Å². The summed E-state index contributed by atoms with van der Waals surface area (Å²) >= 11 is 0. The van der Waals surface area contributed by atoms with E-state index in [2.05, 4.69) is 4.72 Å². The van der Waals surface area contributed by atoms with Crippen molar-refractivity contribution in [3.63, 3.8) is 0 Å². The minimum Gasteiger partial charge on any atom is -0.464 e. The zero-order chi connectivity index (χ0) is 12.2. The van der Waals surface area contributed by atoms with Crippen molar-refractivity contribution in [2.45, 2.75) is 18.4 Å². The molecule has 1 rings (SSSR count). The maximum absolute atomic E-state index is 11.8. The van der Waals surface area contributed by atoms with Crippen molar-refractivity contribution in [3.8, 4) is 0 Å². The number of rotatable bonds is 6. The molecule has 0 radical (unpaired) electrons. The van der Waals surface area contributed by atoms with Crippen molar-refractivity contribution in [1.82, 2.24) is 4.72 Å². The lowest BCUT2D eigenvalue weighted by molar-refractivity contribution is 0.204. The van der Waals surface area contributed by atoms with Gasteiger partial charge in [-0.2, -0.15) is 0 Å². The second kappa shape index (κ2) is 5.44. The van der Waals surface area contributed by atoms with E-state index in [0.717, 1.165) is 0 Å². The number of aryl methyl sites for hydroxylation is 1. The van der Waals surface area contributed by atoms with Crippen LogP contribution in [0.25, 0.3) is 0 Å². The third kappa shape index (κ3) is 3.05. The van der Waals surface area contributed by atoms with Crippen molar-refractivity contribution in [1.29, 1.82) is 0 Å². The van der Waals surface area contributed by atoms with Gasteiger partial charge in [0.1, 0.15) is 16.4 Å². The van der Waals surface area contributed by atoms with Gasteiger partial charge in [0.05, 0.1) is 13.2 Å². The van der Waals surface area contributed by atoms with E-state index in [1.807, 2.05) is 0 Å². The van der Waals surface area contributed by atoms with Crippen LogP contribution in [-0.4, -0.2) is 28.7 Å². The summed E-state index contributed by atoms with van der Waals surface area (Å²) in [6.45, 7) is 2.31. The van der Waals surface area contributed by atoms with Crippen LogP contribution in [0.2, 0.25) is 0 Å². The van der Waals surface area contributed by atoms with E-state index >= 15 is 0 Å². The fourth-order valence-corrected chi connectivity index (χ4v) is 2.46. The zero-order valence-electron chi connectivity index (χ0n) is 9.32. The van der Waals surface area contributed by atoms with Gasteiger partial charge in [-0.05, 0) is 6.92 Å². The first-order valence-electron chi connectivity index (χ1n) is 4.79. The molecule has 6 nitrogen and oxygen atoms in total. The third-order valence-corrected chi connectivity index (χ3v) is 3.58. The Morgan fingerprint density at radius 2 is 2.25 bits per heavy atom. The van der Waals surface area contributed by atoms with Crippen molar-refractivity contribution in [2.75, 3.05) is 20.3 Å². The molecule has 0 saturated carbocycles. The fourth-order valence-electron chi connectivity index (χ4n) is 1.25. The molecule has 1 heterocycles. The Bertz CT molecular complexity index is 438. The number of sulfonamides is 1. The number of ether oxygens (including phenoxy) is 1. The highest BCUT2D eigenvalue weighted by molar-refractivity contribution is 7.89. The molecule has 1 aromatic heterocycles. The summed E-state index contributed by atoms with van der Waals surface area (Å²) in [5, 5.41) is 0. The van der Waals surface area contributed by atoms with Crippen molar-refractivity contribution >= 4 is 10.0 Å². The molecule has 1 aromatic rings. The average Bonchev–Trinajstić information content (AvgIpc) is 2.60. The highest BCUT2D eigenvalue weighted by Crippen LogP contribution is 2.19. The normalized spacial score (nSPS) is 11.9. The molecule has 0 aliphatic heterocycles. The Morgan fingerprint density at radius 3 is 2.75 bits per heavy atom. The molecule has 0 unspecified atom stereocenters. The van der Waals surface area contributed by atoms with Crippen molar-refractivity contribution in [2.24, 2.45) is 5.73 Å². The van der Waals surface area contributed by atoms with Crippen LogP contribution >= 0.6 is 0 Å². The molecule has 0 bridgehead atoms. The maximum Gasteiger partial charge on any atom is 0.244 e. The average molecular weight is 248 g/mol. The van der Waals surface area contributed by atoms with Crippen LogP contribution in [0.3, 0.4) is 0 Å². The van der Waals surface area contributed by atoms with E-state index in [1.54, 1.807) is 6.92 Å². The first-order valence-corrected chi connectivity index (χ1v) is 6.27. The molecule has 16 heavy (non-hydrogen) atoms. The number of nitrogens with two attached hydrogens (primary N) is 1. The molecule has 0 aliphatic carbocycles. The molecule has 0 aromatic carbocycles. The van der Waals surface area contributed by atoms with E-state index in [9.17, 15) is 8.42 Å². The fraction of sp³-hybridized carbons (Fsp3) is 0.556. The summed E-state index contributed by atoms with van der Waals surface area (Å²) < 4.78 is 35.9. The molecule has 3 N–H and O–H groups in total. The van der Waals surface area contributed by atoms with Gasteiger partial charge in [-0.3, -0.25) is 0 Å². The standard InChI is InChI=1S/C9H16N2O4S/c1-7-9(5-8(6-10)15-7)16(12,13)11-3-4-14-2/h5,11H,3-4,6,10H2,1-2H3. The first-order chi connectivity index (χ1) is 7.51. The van der Waals surface area contributed by atoms with Crippen molar-refractivity contribution < 1.29 is 17.6 Å². The third-order valence-electron chi connectivity index (χ3n) is 2.01. The highest BCUT2D eigenvalue weighted by Gasteiger charge is 2.20. The summed E-state index contributed by atoms with van der Waals surface area (Å²) in [7, 11) is -2.03. The molecule has 0 aliphatic rings. The van der Waals surface area contributed by atoms with E-state index < -0.39 is 10.0 Å². The number of hydrogen-bond acceptors (Lipinski definition) is 5. The summed E-state index contributed by atoms with van der Waals surface area (Å²) in [5.74, 6) is 0.787. The van der Waals surface area contributed by atoms with E-state index in [1.165, 1.54) is 13.2 Å². The summed E-state index contributed by atoms with van der Waals surface area (Å²) in [6.07, 6.45) is 0. The Morgan fingerprint density at radius 1 is 1.56 bits per heavy atom. The van der Waals surface area contributed by atoms with Gasteiger partial charge in [0.15, 0.2) is 0 Å². The van der Waals surface area contributed by atoms with Crippen LogP contribution in [-0.2, 0) is 21.3 Å². The molecule has 92 valence electrons. The molecule has 0 atom stereocenters. The van der Waals surface area contributed by atoms with Crippen LogP contribution in [0.5, 0.6) is 0 Å². The first kappa shape index (κ1) is 13.2. The summed E-state index contributed by atoms with van der Waals surface area (Å²) in [4.78, 5) is 0.129. The lowest BCUT2D eigenvalue weighted by atomic mass is 10.4. The monoisotopic (exact) mass is 248 g/mol. The van der Waals surface area contributed by atoms with Gasteiger partial charge < -0.3 is 14.9 Å². The Hall–Kier alpha value is -0.890. The second-order valence-corrected chi connectivity index (χ2v) is 4.96. The van der Waals surface area contributed by atoms with E-state index in [-0.39, 0.29) is 18.0 Å². The van der Waals surface area contributed by atoms with Gasteiger partial charge in [0.25, 0.3) is 0 Å². The zero-order valence-corrected chi connectivity index (χ0v) is 10.1. The van der Waals surface area contributed by atoms with Crippen molar-refractivity contribution in [3.05, 3.63) is 17.6 Å². The van der Waals surface area contributed by atoms with Gasteiger partial charge >= 0.3 is 0 Å². The Labute approximate surface area is 94.8 Å². The number of furan rings is 1. The van der Waals surface area contributed by atoms with Gasteiger partial charge in [-0.1, -0.05) is 0 Å². The summed E-state index contributed by atoms with van der Waals surface area (Å²) in [5.41, 5.74) is 5.37. The maximum atomic E-state index is 11.8. The van der Waals surface area contributed by atoms with Gasteiger partial charge in [0, 0.05) is 19.7 Å². The molecule has 0 saturated heterocycles. The topological polar surface area (TPSA) is 94.6 Å². The highest BCUT2D eigenvalue weighted by atomic mass is 32.2. The lowest BCUT2D eigenvalue weighted by Gasteiger charge is -2.04. The SMILES string of the molecule is COCCNS(=O)(=O)c1cc(CN)oc1C. The predicted octanol–water partition coefficient (Wildman–Crippen LogP) is -0.0286. The van der Waals surface area contributed by atoms with Crippen LogP contribution in [0.15, 0.2) is 15.4 Å². The second-order valence-electron chi connectivity index (χ2n) is 3.23. The summed E-state index contributed by atoms with van der Waals surface area (Å²) in [6, 6.07) is 1.43. The molecular weight excluding hydrogens is 232 g/mol. The molecule has 0 fully saturated rings. The molecule has 0 spiro atoms. The largest absolute Gasteiger partial charge is 0.464 e. The molecule has 0 amide bonds. The minimum absolute atomic E-state index is 0.129. The van der Waals surface area contributed by atoms with Crippen LogP contribution in [0, 0.1) is 6.92 Å². The van der Waals surface area contributed by atoms with Gasteiger partial charge in [-0.25, -0.2) is 13.1 Å². The smallest absolute Gasteiger partial charge is 0.244 e.